The van der Waals surface area contributed by atoms with Gasteiger partial charge in [0.2, 0.25) is 0 Å². The van der Waals surface area contributed by atoms with E-state index in [4.69, 9.17) is 9.47 Å². The SMILES string of the molecule is C=C=CC1CC(NC(=O)OC(C)(C)C)(C(=O)OC(C)(C)C)CC1O. The quantitative estimate of drug-likeness (QED) is 0.610. The number of carbonyl (C=O) groups excluding carboxylic acids is 2. The largest absolute Gasteiger partial charge is 0.458 e. The summed E-state index contributed by atoms with van der Waals surface area (Å²) in [4.78, 5) is 24.9. The van der Waals surface area contributed by atoms with E-state index < -0.39 is 34.9 Å². The number of aliphatic hydroxyl groups excluding tert-OH is 1. The van der Waals surface area contributed by atoms with Gasteiger partial charge in [0, 0.05) is 12.3 Å². The Kier molecular flexibility index (Phi) is 5.91. The molecule has 0 heterocycles. The standard InChI is InChI=1S/C18H29NO5/c1-8-9-12-10-18(11-13(12)20,14(21)23-16(2,3)4)19-15(22)24-17(5,6)7/h9,12-13,20H,1,10-11H2,2-7H3,(H,19,22). The van der Waals surface area contributed by atoms with E-state index in [0.717, 1.165) is 0 Å². The maximum absolute atomic E-state index is 12.7. The number of nitrogens with one attached hydrogen (secondary N) is 1. The molecule has 0 saturated heterocycles. The molecule has 0 aromatic heterocycles. The van der Waals surface area contributed by atoms with Crippen LogP contribution in [0.1, 0.15) is 54.4 Å². The third-order valence-corrected chi connectivity index (χ3v) is 3.50. The maximum atomic E-state index is 12.7. The van der Waals surface area contributed by atoms with Gasteiger partial charge in [-0.05, 0) is 54.0 Å². The highest BCUT2D eigenvalue weighted by Gasteiger charge is 2.52. The van der Waals surface area contributed by atoms with E-state index in [1.54, 1.807) is 47.6 Å². The van der Waals surface area contributed by atoms with Crippen LogP contribution in [-0.4, -0.2) is 40.0 Å². The van der Waals surface area contributed by atoms with Crippen LogP contribution in [0.5, 0.6) is 0 Å². The Morgan fingerprint density at radius 2 is 1.71 bits per heavy atom. The summed E-state index contributed by atoms with van der Waals surface area (Å²) in [6.45, 7) is 14.0. The van der Waals surface area contributed by atoms with E-state index in [1.807, 2.05) is 0 Å². The zero-order valence-electron chi connectivity index (χ0n) is 15.4. The van der Waals surface area contributed by atoms with Crippen molar-refractivity contribution >= 4 is 12.1 Å². The second-order valence-corrected chi connectivity index (χ2v) is 8.22. The molecule has 1 aliphatic carbocycles. The molecule has 0 spiro atoms. The molecule has 0 aliphatic heterocycles. The van der Waals surface area contributed by atoms with Gasteiger partial charge in [0.05, 0.1) is 6.10 Å². The normalized spacial score (nSPS) is 27.1. The molecular weight excluding hydrogens is 310 g/mol. The van der Waals surface area contributed by atoms with Gasteiger partial charge in [0.15, 0.2) is 0 Å². The minimum absolute atomic E-state index is 0.0456. The number of carbonyl (C=O) groups is 2. The summed E-state index contributed by atoms with van der Waals surface area (Å²) in [6, 6.07) is 0. The van der Waals surface area contributed by atoms with Crippen molar-refractivity contribution in [2.24, 2.45) is 5.92 Å². The van der Waals surface area contributed by atoms with Gasteiger partial charge >= 0.3 is 12.1 Å². The first-order valence-corrected chi connectivity index (χ1v) is 8.07. The first-order chi connectivity index (χ1) is 10.8. The maximum Gasteiger partial charge on any atom is 0.408 e. The van der Waals surface area contributed by atoms with Crippen molar-refractivity contribution in [2.75, 3.05) is 0 Å². The summed E-state index contributed by atoms with van der Waals surface area (Å²) in [6.07, 6.45) is 0.327. The zero-order chi connectivity index (χ0) is 18.8. The van der Waals surface area contributed by atoms with Crippen LogP contribution in [-0.2, 0) is 14.3 Å². The van der Waals surface area contributed by atoms with E-state index in [1.165, 1.54) is 0 Å². The van der Waals surface area contributed by atoms with Crippen molar-refractivity contribution in [2.45, 2.75) is 77.2 Å². The highest BCUT2D eigenvalue weighted by Crippen LogP contribution is 2.37. The summed E-state index contributed by atoms with van der Waals surface area (Å²) < 4.78 is 10.7. The van der Waals surface area contributed by atoms with Gasteiger partial charge in [-0.25, -0.2) is 9.59 Å². The van der Waals surface area contributed by atoms with Gasteiger partial charge in [-0.2, -0.15) is 0 Å². The molecule has 1 saturated carbocycles. The second kappa shape index (κ2) is 6.99. The number of hydrogen-bond donors (Lipinski definition) is 2. The smallest absolute Gasteiger partial charge is 0.408 e. The summed E-state index contributed by atoms with van der Waals surface area (Å²) in [5.41, 5.74) is -0.124. The van der Waals surface area contributed by atoms with Crippen LogP contribution in [0.3, 0.4) is 0 Å². The van der Waals surface area contributed by atoms with Gasteiger partial charge in [0.1, 0.15) is 16.7 Å². The molecule has 0 aromatic rings. The number of ether oxygens (including phenoxy) is 2. The lowest BCUT2D eigenvalue weighted by molar-refractivity contribution is -0.163. The number of aliphatic hydroxyl groups is 1. The molecule has 136 valence electrons. The van der Waals surface area contributed by atoms with Gasteiger partial charge in [-0.1, -0.05) is 6.58 Å². The average molecular weight is 339 g/mol. The predicted molar refractivity (Wildman–Crippen MR) is 90.4 cm³/mol. The molecule has 1 rings (SSSR count). The fourth-order valence-electron chi connectivity index (χ4n) is 2.65. The van der Waals surface area contributed by atoms with E-state index in [-0.39, 0.29) is 18.8 Å². The molecule has 24 heavy (non-hydrogen) atoms. The summed E-state index contributed by atoms with van der Waals surface area (Å²) >= 11 is 0. The summed E-state index contributed by atoms with van der Waals surface area (Å²) in [5, 5.41) is 12.9. The Hall–Kier alpha value is -1.78. The number of rotatable bonds is 3. The Labute approximate surface area is 143 Å². The Morgan fingerprint density at radius 3 is 2.17 bits per heavy atom. The van der Waals surface area contributed by atoms with Gasteiger partial charge < -0.3 is 19.9 Å². The molecule has 6 nitrogen and oxygen atoms in total. The molecule has 1 aliphatic rings. The van der Waals surface area contributed by atoms with E-state index in [2.05, 4.69) is 17.6 Å². The Morgan fingerprint density at radius 1 is 1.17 bits per heavy atom. The summed E-state index contributed by atoms with van der Waals surface area (Å²) in [7, 11) is 0. The topological polar surface area (TPSA) is 84.9 Å². The van der Waals surface area contributed by atoms with Crippen LogP contribution in [0.25, 0.3) is 0 Å². The van der Waals surface area contributed by atoms with E-state index in [0.29, 0.717) is 0 Å². The van der Waals surface area contributed by atoms with Crippen molar-refractivity contribution in [3.8, 4) is 0 Å². The van der Waals surface area contributed by atoms with Crippen LogP contribution >= 0.6 is 0 Å². The highest BCUT2D eigenvalue weighted by atomic mass is 16.6. The van der Waals surface area contributed by atoms with Gasteiger partial charge in [-0.3, -0.25) is 0 Å². The second-order valence-electron chi connectivity index (χ2n) is 8.22. The number of esters is 1. The molecular formula is C18H29NO5. The molecule has 0 radical (unpaired) electrons. The number of alkyl carbamates (subject to hydrolysis) is 1. The van der Waals surface area contributed by atoms with Crippen LogP contribution in [0.4, 0.5) is 4.79 Å². The van der Waals surface area contributed by atoms with Crippen LogP contribution in [0.15, 0.2) is 18.4 Å². The summed E-state index contributed by atoms with van der Waals surface area (Å²) in [5.74, 6) is -0.926. The minimum Gasteiger partial charge on any atom is -0.458 e. The number of amides is 1. The minimum atomic E-state index is -1.34. The third-order valence-electron chi connectivity index (χ3n) is 3.50. The van der Waals surface area contributed by atoms with E-state index in [9.17, 15) is 14.7 Å². The molecule has 3 unspecified atom stereocenters. The molecule has 3 atom stereocenters. The first-order valence-electron chi connectivity index (χ1n) is 8.07. The zero-order valence-corrected chi connectivity index (χ0v) is 15.4. The molecule has 6 heteroatoms. The van der Waals surface area contributed by atoms with Crippen molar-refractivity contribution in [1.29, 1.82) is 0 Å². The average Bonchev–Trinajstić information content (AvgIpc) is 2.62. The fourth-order valence-corrected chi connectivity index (χ4v) is 2.65. The highest BCUT2D eigenvalue weighted by molar-refractivity contribution is 5.86. The fraction of sp³-hybridized carbons (Fsp3) is 0.722. The Bertz CT molecular complexity index is 537. The Balaban J connectivity index is 3.07. The van der Waals surface area contributed by atoms with Crippen molar-refractivity contribution in [3.05, 3.63) is 18.4 Å². The number of hydrogen-bond acceptors (Lipinski definition) is 5. The first kappa shape index (κ1) is 20.3. The molecule has 1 amide bonds. The molecule has 0 aromatic carbocycles. The van der Waals surface area contributed by atoms with Gasteiger partial charge in [0.25, 0.3) is 0 Å². The lowest BCUT2D eigenvalue weighted by atomic mass is 9.95. The van der Waals surface area contributed by atoms with Crippen molar-refractivity contribution in [3.63, 3.8) is 0 Å². The lowest BCUT2D eigenvalue weighted by Crippen LogP contribution is -2.56. The van der Waals surface area contributed by atoms with Crippen molar-refractivity contribution in [1.82, 2.24) is 5.32 Å². The van der Waals surface area contributed by atoms with Crippen LogP contribution in [0, 0.1) is 5.92 Å². The molecule has 1 fully saturated rings. The van der Waals surface area contributed by atoms with Crippen LogP contribution in [0.2, 0.25) is 0 Å². The van der Waals surface area contributed by atoms with Gasteiger partial charge in [-0.15, -0.1) is 5.73 Å². The molecule has 2 N–H and O–H groups in total. The predicted octanol–water partition coefficient (Wildman–Crippen LogP) is 2.70. The van der Waals surface area contributed by atoms with E-state index >= 15 is 0 Å². The van der Waals surface area contributed by atoms with Crippen LogP contribution < -0.4 is 5.32 Å². The van der Waals surface area contributed by atoms with Crippen molar-refractivity contribution < 1.29 is 24.2 Å². The lowest BCUT2D eigenvalue weighted by Gasteiger charge is -2.32. The third kappa shape index (κ3) is 5.69. The molecule has 0 bridgehead atoms. The monoisotopic (exact) mass is 339 g/mol.